The largest absolute Gasteiger partial charge is 0.319 e. The molecule has 0 atom stereocenters. The van der Waals surface area contributed by atoms with Crippen molar-refractivity contribution in [2.24, 2.45) is 0 Å². The van der Waals surface area contributed by atoms with Crippen LogP contribution < -0.4 is 0 Å². The number of nitrogens with zero attached hydrogens (tertiary/aromatic N) is 2. The van der Waals surface area contributed by atoms with E-state index in [0.717, 1.165) is 44.9 Å². The minimum Gasteiger partial charge on any atom is -0.319 e. The summed E-state index contributed by atoms with van der Waals surface area (Å²) >= 11 is 3.75. The molecule has 0 fully saturated rings. The van der Waals surface area contributed by atoms with Crippen LogP contribution in [0.3, 0.4) is 0 Å². The zero-order valence-electron chi connectivity index (χ0n) is 16.9. The molecular weight excluding hydrogens is 444 g/mol. The Balaban J connectivity index is 1.82. The van der Waals surface area contributed by atoms with Crippen molar-refractivity contribution in [2.45, 2.75) is 6.54 Å². The van der Waals surface area contributed by atoms with Gasteiger partial charge in [0.2, 0.25) is 0 Å². The number of hydrogen-bond donors (Lipinski definition) is 0. The van der Waals surface area contributed by atoms with Gasteiger partial charge >= 0.3 is 0 Å². The van der Waals surface area contributed by atoms with Gasteiger partial charge in [-0.1, -0.05) is 125 Å². The minimum absolute atomic E-state index is 0.738. The van der Waals surface area contributed by atoms with Crippen LogP contribution in [0.25, 0.3) is 33.9 Å². The van der Waals surface area contributed by atoms with Crippen molar-refractivity contribution in [1.82, 2.24) is 9.55 Å². The number of imidazole rings is 1. The van der Waals surface area contributed by atoms with Gasteiger partial charge in [0, 0.05) is 27.7 Å². The SMILES string of the molecule is Brc1ccccc1-c1nc(-c2ccccc2)c(-c2ccccc2)n1Cc1ccccc1. The molecular formula is C28H21BrN2. The van der Waals surface area contributed by atoms with Gasteiger partial charge < -0.3 is 4.57 Å². The van der Waals surface area contributed by atoms with Gasteiger partial charge in [0.15, 0.2) is 0 Å². The molecule has 0 saturated heterocycles. The first-order valence-electron chi connectivity index (χ1n) is 10.3. The second-order valence-electron chi connectivity index (χ2n) is 7.42. The highest BCUT2D eigenvalue weighted by Crippen LogP contribution is 2.38. The Morgan fingerprint density at radius 2 is 1.16 bits per heavy atom. The van der Waals surface area contributed by atoms with E-state index in [1.54, 1.807) is 0 Å². The number of hydrogen-bond acceptors (Lipinski definition) is 1. The van der Waals surface area contributed by atoms with Crippen LogP contribution >= 0.6 is 15.9 Å². The van der Waals surface area contributed by atoms with Gasteiger partial charge in [-0.3, -0.25) is 0 Å². The molecule has 0 bridgehead atoms. The Bertz CT molecular complexity index is 1290. The lowest BCUT2D eigenvalue weighted by atomic mass is 10.0. The first-order chi connectivity index (χ1) is 15.3. The van der Waals surface area contributed by atoms with Crippen LogP contribution in [0.2, 0.25) is 0 Å². The summed E-state index contributed by atoms with van der Waals surface area (Å²) in [6.07, 6.45) is 0. The molecule has 0 N–H and O–H groups in total. The smallest absolute Gasteiger partial charge is 0.142 e. The molecule has 4 aromatic carbocycles. The molecule has 150 valence electrons. The van der Waals surface area contributed by atoms with Crippen molar-refractivity contribution in [3.8, 4) is 33.9 Å². The molecule has 0 aliphatic carbocycles. The Hall–Kier alpha value is -3.43. The molecule has 0 spiro atoms. The average Bonchev–Trinajstić information content (AvgIpc) is 3.20. The summed E-state index contributed by atoms with van der Waals surface area (Å²) in [5.41, 5.74) is 6.71. The number of benzene rings is 4. The van der Waals surface area contributed by atoms with Crippen LogP contribution in [0.1, 0.15) is 5.56 Å². The van der Waals surface area contributed by atoms with Gasteiger partial charge in [0.25, 0.3) is 0 Å². The van der Waals surface area contributed by atoms with Crippen LogP contribution in [0.15, 0.2) is 120 Å². The van der Waals surface area contributed by atoms with E-state index < -0.39 is 0 Å². The maximum absolute atomic E-state index is 5.22. The van der Waals surface area contributed by atoms with Crippen LogP contribution in [0, 0.1) is 0 Å². The first kappa shape index (κ1) is 19.5. The molecule has 0 radical (unpaired) electrons. The maximum atomic E-state index is 5.22. The lowest BCUT2D eigenvalue weighted by Crippen LogP contribution is -2.05. The fourth-order valence-corrected chi connectivity index (χ4v) is 4.37. The van der Waals surface area contributed by atoms with E-state index in [2.05, 4.69) is 124 Å². The van der Waals surface area contributed by atoms with Crippen molar-refractivity contribution in [1.29, 1.82) is 0 Å². The third-order valence-corrected chi connectivity index (χ3v) is 6.05. The summed E-state index contributed by atoms with van der Waals surface area (Å²) in [6, 6.07) is 39.8. The Morgan fingerprint density at radius 3 is 1.81 bits per heavy atom. The van der Waals surface area contributed by atoms with Crippen molar-refractivity contribution in [2.75, 3.05) is 0 Å². The van der Waals surface area contributed by atoms with Crippen LogP contribution in [-0.4, -0.2) is 9.55 Å². The summed E-state index contributed by atoms with van der Waals surface area (Å²) in [4.78, 5) is 5.22. The Labute approximate surface area is 191 Å². The van der Waals surface area contributed by atoms with E-state index in [-0.39, 0.29) is 0 Å². The Kier molecular flexibility index (Phi) is 5.51. The lowest BCUT2D eigenvalue weighted by Gasteiger charge is -2.14. The highest BCUT2D eigenvalue weighted by molar-refractivity contribution is 9.10. The van der Waals surface area contributed by atoms with E-state index in [1.807, 2.05) is 12.1 Å². The highest BCUT2D eigenvalue weighted by Gasteiger charge is 2.22. The summed E-state index contributed by atoms with van der Waals surface area (Å²) in [5.74, 6) is 0.953. The molecule has 1 aromatic heterocycles. The van der Waals surface area contributed by atoms with Gasteiger partial charge in [-0.15, -0.1) is 0 Å². The predicted molar refractivity (Wildman–Crippen MR) is 132 cm³/mol. The van der Waals surface area contributed by atoms with E-state index >= 15 is 0 Å². The lowest BCUT2D eigenvalue weighted by molar-refractivity contribution is 0.814. The highest BCUT2D eigenvalue weighted by atomic mass is 79.9. The predicted octanol–water partition coefficient (Wildman–Crippen LogP) is 7.69. The van der Waals surface area contributed by atoms with Crippen molar-refractivity contribution >= 4 is 15.9 Å². The van der Waals surface area contributed by atoms with Crippen molar-refractivity contribution in [3.05, 3.63) is 125 Å². The maximum Gasteiger partial charge on any atom is 0.142 e. The second-order valence-corrected chi connectivity index (χ2v) is 8.27. The monoisotopic (exact) mass is 464 g/mol. The van der Waals surface area contributed by atoms with Crippen molar-refractivity contribution in [3.63, 3.8) is 0 Å². The van der Waals surface area contributed by atoms with Gasteiger partial charge in [-0.2, -0.15) is 0 Å². The van der Waals surface area contributed by atoms with E-state index in [9.17, 15) is 0 Å². The molecule has 3 heteroatoms. The zero-order valence-corrected chi connectivity index (χ0v) is 18.5. The quantitative estimate of drug-likeness (QED) is 0.260. The normalized spacial score (nSPS) is 10.9. The van der Waals surface area contributed by atoms with Gasteiger partial charge in [-0.05, 0) is 11.6 Å². The van der Waals surface area contributed by atoms with Crippen LogP contribution in [0.4, 0.5) is 0 Å². The van der Waals surface area contributed by atoms with E-state index in [4.69, 9.17) is 4.98 Å². The molecule has 5 aromatic rings. The standard InChI is InChI=1S/C28H21BrN2/c29-25-19-11-10-18-24(25)28-30-26(22-14-6-2-7-15-22)27(23-16-8-3-9-17-23)31(28)20-21-12-4-1-5-13-21/h1-19H,20H2. The third-order valence-electron chi connectivity index (χ3n) is 5.36. The fraction of sp³-hybridized carbons (Fsp3) is 0.0357. The molecule has 1 heterocycles. The van der Waals surface area contributed by atoms with Gasteiger partial charge in [0.1, 0.15) is 5.82 Å². The molecule has 5 rings (SSSR count). The van der Waals surface area contributed by atoms with E-state index in [1.165, 1.54) is 5.56 Å². The third kappa shape index (κ3) is 3.97. The molecule has 0 aliphatic rings. The zero-order chi connectivity index (χ0) is 21.0. The molecule has 31 heavy (non-hydrogen) atoms. The van der Waals surface area contributed by atoms with Gasteiger partial charge in [-0.25, -0.2) is 4.98 Å². The van der Waals surface area contributed by atoms with Crippen molar-refractivity contribution < 1.29 is 0 Å². The summed E-state index contributed by atoms with van der Waals surface area (Å²) in [6.45, 7) is 0.738. The summed E-state index contributed by atoms with van der Waals surface area (Å²) < 4.78 is 3.38. The Morgan fingerprint density at radius 1 is 0.613 bits per heavy atom. The number of halogens is 1. The topological polar surface area (TPSA) is 17.8 Å². The second kappa shape index (κ2) is 8.75. The molecule has 2 nitrogen and oxygen atoms in total. The minimum atomic E-state index is 0.738. The first-order valence-corrected chi connectivity index (χ1v) is 11.1. The fourth-order valence-electron chi connectivity index (χ4n) is 3.91. The number of rotatable bonds is 5. The van der Waals surface area contributed by atoms with Gasteiger partial charge in [0.05, 0.1) is 11.4 Å². The molecule has 0 aliphatic heterocycles. The van der Waals surface area contributed by atoms with Crippen LogP contribution in [0.5, 0.6) is 0 Å². The summed E-state index contributed by atoms with van der Waals surface area (Å²) in [7, 11) is 0. The average molecular weight is 465 g/mol. The molecule has 0 amide bonds. The number of aromatic nitrogens is 2. The van der Waals surface area contributed by atoms with E-state index in [0.29, 0.717) is 0 Å². The molecule has 0 unspecified atom stereocenters. The molecule has 0 saturated carbocycles. The van der Waals surface area contributed by atoms with Crippen LogP contribution in [-0.2, 0) is 6.54 Å². The summed E-state index contributed by atoms with van der Waals surface area (Å²) in [5, 5.41) is 0.